The number of allylic oxidation sites excluding steroid dienone is 3. The van der Waals surface area contributed by atoms with Gasteiger partial charge >= 0.3 is 6.18 Å². The van der Waals surface area contributed by atoms with E-state index in [1.54, 1.807) is 10.5 Å². The summed E-state index contributed by atoms with van der Waals surface area (Å²) in [7, 11) is 0. The molecule has 12 unspecified atom stereocenters. The zero-order chi connectivity index (χ0) is 24.4. The molecule has 12 atom stereocenters. The standard InChI is InChI=1S/C30H42F3N/c1-16(2)23-13-19(30(31,32)33)14-24-20(23)7-8-22-21(24)9-10-34-27(22)25-12-17(3)11-18(4)26(25)28(5)15-29(28,34)6/h8-10,12,16-21,23-24,26-27H,7,11,13-15H2,1-6H3/p+1. The highest BCUT2D eigenvalue weighted by Gasteiger charge is 2.77. The Morgan fingerprint density at radius 3 is 2.44 bits per heavy atom. The maximum atomic E-state index is 14.0. The van der Waals surface area contributed by atoms with Crippen molar-refractivity contribution in [3.8, 4) is 0 Å². The second-order valence-electron chi connectivity index (χ2n) is 13.9. The first-order chi connectivity index (χ1) is 15.9. The summed E-state index contributed by atoms with van der Waals surface area (Å²) in [6.45, 7) is 14.1. The van der Waals surface area contributed by atoms with Gasteiger partial charge in [0, 0.05) is 23.7 Å². The van der Waals surface area contributed by atoms with Crippen LogP contribution in [0.2, 0.25) is 0 Å². The molecule has 4 heteroatoms. The Kier molecular flexibility index (Phi) is 4.99. The molecule has 2 saturated carbocycles. The van der Waals surface area contributed by atoms with Gasteiger partial charge in [-0.2, -0.15) is 13.2 Å². The lowest BCUT2D eigenvalue weighted by atomic mass is 9.54. The normalized spacial score (nSPS) is 53.6. The molecule has 188 valence electrons. The fourth-order valence-corrected chi connectivity index (χ4v) is 10.2. The topological polar surface area (TPSA) is 4.44 Å². The fourth-order valence-electron chi connectivity index (χ4n) is 10.2. The minimum atomic E-state index is -4.08. The second-order valence-corrected chi connectivity index (χ2v) is 13.9. The predicted octanol–water partition coefficient (Wildman–Crippen LogP) is 6.59. The lowest BCUT2D eigenvalue weighted by Crippen LogP contribution is -3.19. The van der Waals surface area contributed by atoms with Crippen LogP contribution in [-0.4, -0.2) is 17.8 Å². The molecule has 0 spiro atoms. The number of fused-ring (bicyclic) bond motifs is 10. The molecule has 2 heterocycles. The van der Waals surface area contributed by atoms with Gasteiger partial charge in [-0.05, 0) is 85.3 Å². The third-order valence-corrected chi connectivity index (χ3v) is 11.8. The molecule has 1 nitrogen and oxygen atoms in total. The molecule has 0 aromatic heterocycles. The van der Waals surface area contributed by atoms with Crippen LogP contribution in [0.3, 0.4) is 0 Å². The van der Waals surface area contributed by atoms with E-state index in [4.69, 9.17) is 0 Å². The number of hydrogen-bond acceptors (Lipinski definition) is 0. The summed E-state index contributed by atoms with van der Waals surface area (Å²) in [5, 5.41) is 0. The van der Waals surface area contributed by atoms with E-state index in [9.17, 15) is 13.2 Å². The van der Waals surface area contributed by atoms with Crippen molar-refractivity contribution in [2.75, 3.05) is 0 Å². The van der Waals surface area contributed by atoms with Gasteiger partial charge in [0.05, 0.1) is 12.1 Å². The van der Waals surface area contributed by atoms with E-state index in [2.05, 4.69) is 66.0 Å². The molecule has 0 amide bonds. The highest BCUT2D eigenvalue weighted by Crippen LogP contribution is 2.68. The van der Waals surface area contributed by atoms with E-state index in [0.717, 1.165) is 6.42 Å². The summed E-state index contributed by atoms with van der Waals surface area (Å²) < 4.78 is 42.1. The number of alkyl halides is 3. The highest BCUT2D eigenvalue weighted by atomic mass is 19.4. The van der Waals surface area contributed by atoms with Crippen LogP contribution in [0.1, 0.15) is 73.6 Å². The van der Waals surface area contributed by atoms with Crippen LogP contribution in [0.4, 0.5) is 13.2 Å². The van der Waals surface area contributed by atoms with Crippen LogP contribution in [0.15, 0.2) is 35.6 Å². The molecule has 0 radical (unpaired) electrons. The van der Waals surface area contributed by atoms with Gasteiger partial charge in [-0.3, -0.25) is 4.90 Å². The molecule has 34 heavy (non-hydrogen) atoms. The zero-order valence-corrected chi connectivity index (χ0v) is 21.8. The number of rotatable bonds is 1. The van der Waals surface area contributed by atoms with Gasteiger partial charge in [0.15, 0.2) is 0 Å². The Balaban J connectivity index is 1.43. The number of quaternary nitrogens is 1. The molecule has 6 aliphatic rings. The van der Waals surface area contributed by atoms with Gasteiger partial charge in [0.25, 0.3) is 0 Å². The van der Waals surface area contributed by atoms with Crippen molar-refractivity contribution in [2.24, 2.45) is 58.7 Å². The van der Waals surface area contributed by atoms with Gasteiger partial charge in [-0.1, -0.05) is 46.8 Å². The Bertz CT molecular complexity index is 959. The highest BCUT2D eigenvalue weighted by molar-refractivity contribution is 5.42. The Hall–Kier alpha value is -1.03. The molecule has 1 N–H and O–H groups in total. The summed E-state index contributed by atoms with van der Waals surface area (Å²) >= 11 is 0. The Morgan fingerprint density at radius 2 is 1.76 bits per heavy atom. The number of nitrogens with one attached hydrogen (secondary N) is 1. The van der Waals surface area contributed by atoms with Crippen molar-refractivity contribution in [1.82, 2.24) is 0 Å². The zero-order valence-electron chi connectivity index (χ0n) is 21.8. The SMILES string of the molecule is CC1C=C2C3C4=CCC5C(C(C)C)CC(C(F)(F)F)CC5C4C=C[NH+]3C3(C)CC3(C)C2C(C)C1. The first kappa shape index (κ1) is 23.4. The van der Waals surface area contributed by atoms with Crippen molar-refractivity contribution in [3.05, 3.63) is 35.6 Å². The fraction of sp³-hybridized carbons (Fsp3) is 0.800. The first-order valence-electron chi connectivity index (χ1n) is 13.9. The first-order valence-corrected chi connectivity index (χ1v) is 13.9. The van der Waals surface area contributed by atoms with Crippen molar-refractivity contribution >= 4 is 0 Å². The van der Waals surface area contributed by atoms with E-state index >= 15 is 0 Å². The summed E-state index contributed by atoms with van der Waals surface area (Å²) in [5.41, 5.74) is 3.68. The largest absolute Gasteiger partial charge is 0.391 e. The van der Waals surface area contributed by atoms with Gasteiger partial charge in [-0.15, -0.1) is 0 Å². The smallest absolute Gasteiger partial charge is 0.294 e. The van der Waals surface area contributed by atoms with E-state index in [0.29, 0.717) is 53.9 Å². The van der Waals surface area contributed by atoms with Crippen LogP contribution in [0, 0.1) is 58.7 Å². The maximum absolute atomic E-state index is 14.0. The van der Waals surface area contributed by atoms with Crippen molar-refractivity contribution < 1.29 is 18.1 Å². The molecular weight excluding hydrogens is 431 g/mol. The maximum Gasteiger partial charge on any atom is 0.391 e. The summed E-state index contributed by atoms with van der Waals surface area (Å²) in [6.07, 6.45) is 9.90. The number of halogens is 3. The minimum Gasteiger partial charge on any atom is -0.294 e. The molecule has 4 aliphatic carbocycles. The van der Waals surface area contributed by atoms with Gasteiger partial charge in [-0.25, -0.2) is 0 Å². The Labute approximate surface area is 203 Å². The second kappa shape index (κ2) is 7.26. The number of piperidine rings is 1. The molecule has 0 bridgehead atoms. The van der Waals surface area contributed by atoms with Crippen LogP contribution in [0.5, 0.6) is 0 Å². The van der Waals surface area contributed by atoms with E-state index in [-0.39, 0.29) is 23.3 Å². The molecule has 2 aliphatic heterocycles. The summed E-state index contributed by atoms with van der Waals surface area (Å²) in [6, 6.07) is 0.343. The molecular formula is C30H43F3N+. The van der Waals surface area contributed by atoms with Gasteiger partial charge < -0.3 is 0 Å². The lowest BCUT2D eigenvalue weighted by Gasteiger charge is -2.55. The molecule has 0 aromatic rings. The van der Waals surface area contributed by atoms with E-state index in [1.807, 2.05) is 0 Å². The molecule has 0 aromatic carbocycles. The van der Waals surface area contributed by atoms with Crippen molar-refractivity contribution in [1.29, 1.82) is 0 Å². The van der Waals surface area contributed by atoms with Gasteiger partial charge in [0.1, 0.15) is 11.6 Å². The minimum absolute atomic E-state index is 0.128. The number of hydrogen-bond donors (Lipinski definition) is 1. The van der Waals surface area contributed by atoms with Crippen molar-refractivity contribution in [2.45, 2.75) is 91.4 Å². The summed E-state index contributed by atoms with van der Waals surface area (Å²) in [4.78, 5) is 1.57. The van der Waals surface area contributed by atoms with Crippen LogP contribution in [0.25, 0.3) is 0 Å². The monoisotopic (exact) mass is 474 g/mol. The van der Waals surface area contributed by atoms with Crippen LogP contribution < -0.4 is 4.90 Å². The molecule has 6 rings (SSSR count). The third-order valence-electron chi connectivity index (χ3n) is 11.8. The van der Waals surface area contributed by atoms with Crippen LogP contribution >= 0.6 is 0 Å². The quantitative estimate of drug-likeness (QED) is 0.409. The predicted molar refractivity (Wildman–Crippen MR) is 130 cm³/mol. The lowest BCUT2D eigenvalue weighted by molar-refractivity contribution is -0.910. The average Bonchev–Trinajstić information content (AvgIpc) is 3.33. The summed E-state index contributed by atoms with van der Waals surface area (Å²) in [5.74, 6) is 1.90. The molecule has 1 saturated heterocycles. The third kappa shape index (κ3) is 3.02. The average molecular weight is 475 g/mol. The van der Waals surface area contributed by atoms with Crippen molar-refractivity contribution in [3.63, 3.8) is 0 Å². The molecule has 3 fully saturated rings. The Morgan fingerprint density at radius 1 is 1.03 bits per heavy atom. The van der Waals surface area contributed by atoms with E-state index < -0.39 is 12.1 Å². The van der Waals surface area contributed by atoms with E-state index in [1.165, 1.54) is 18.4 Å². The van der Waals surface area contributed by atoms with Gasteiger partial charge in [0.2, 0.25) is 0 Å². The van der Waals surface area contributed by atoms with Crippen LogP contribution in [-0.2, 0) is 0 Å².